The van der Waals surface area contributed by atoms with Gasteiger partial charge in [0.05, 0.1) is 6.17 Å². The molecular weight excluding hydrogens is 124 g/mol. The van der Waals surface area contributed by atoms with Crippen molar-refractivity contribution in [3.05, 3.63) is 0 Å². The van der Waals surface area contributed by atoms with Crippen molar-refractivity contribution in [3.8, 4) is 0 Å². The van der Waals surface area contributed by atoms with E-state index in [2.05, 4.69) is 32.7 Å². The van der Waals surface area contributed by atoms with Crippen molar-refractivity contribution < 1.29 is 0 Å². The molecule has 1 heterocycles. The molecule has 60 valence electrons. The van der Waals surface area contributed by atoms with Crippen molar-refractivity contribution in [2.75, 3.05) is 7.05 Å². The number of rotatable bonds is 0. The van der Waals surface area contributed by atoms with E-state index < -0.39 is 0 Å². The second kappa shape index (κ2) is 2.21. The van der Waals surface area contributed by atoms with Crippen LogP contribution in [0.5, 0.6) is 0 Å². The van der Waals surface area contributed by atoms with Gasteiger partial charge in [0.2, 0.25) is 0 Å². The molecule has 0 spiro atoms. The molecule has 1 rings (SSSR count). The molecule has 1 saturated heterocycles. The largest absolute Gasteiger partial charge is 0.316 e. The number of nitrogens with two attached hydrogens (primary N) is 1. The van der Waals surface area contributed by atoms with Crippen LogP contribution in [0.2, 0.25) is 0 Å². The summed E-state index contributed by atoms with van der Waals surface area (Å²) in [6.07, 6.45) is 1.40. The fourth-order valence-electron chi connectivity index (χ4n) is 1.58. The minimum atomic E-state index is 0.269. The summed E-state index contributed by atoms with van der Waals surface area (Å²) in [6.45, 7) is 6.78. The summed E-state index contributed by atoms with van der Waals surface area (Å²) in [5.74, 6) is 0.715. The lowest BCUT2D eigenvalue weighted by atomic mass is 9.90. The molecule has 2 N–H and O–H groups in total. The van der Waals surface area contributed by atoms with Gasteiger partial charge in [0.15, 0.2) is 0 Å². The minimum Gasteiger partial charge on any atom is -0.316 e. The zero-order valence-electron chi connectivity index (χ0n) is 7.39. The molecule has 0 aromatic heterocycles. The SMILES string of the molecule is CC1CC(N)N(C)C1(C)C. The van der Waals surface area contributed by atoms with E-state index in [9.17, 15) is 0 Å². The average molecular weight is 142 g/mol. The maximum atomic E-state index is 5.87. The molecule has 2 unspecified atom stereocenters. The predicted octanol–water partition coefficient (Wildman–Crippen LogP) is 1.02. The molecule has 0 bridgehead atoms. The first kappa shape index (κ1) is 8.02. The molecule has 0 aromatic rings. The Kier molecular flexibility index (Phi) is 1.77. The lowest BCUT2D eigenvalue weighted by molar-refractivity contribution is 0.148. The molecular formula is C8H18N2. The van der Waals surface area contributed by atoms with E-state index in [1.54, 1.807) is 0 Å². The molecule has 2 heteroatoms. The summed E-state index contributed by atoms with van der Waals surface area (Å²) < 4.78 is 0. The van der Waals surface area contributed by atoms with Crippen molar-refractivity contribution in [3.63, 3.8) is 0 Å². The van der Waals surface area contributed by atoms with Gasteiger partial charge in [0.1, 0.15) is 0 Å². The Balaban J connectivity index is 2.75. The second-order valence-corrected chi connectivity index (χ2v) is 3.97. The first-order valence-electron chi connectivity index (χ1n) is 3.94. The van der Waals surface area contributed by atoms with Gasteiger partial charge in [0.25, 0.3) is 0 Å². The van der Waals surface area contributed by atoms with E-state index in [4.69, 9.17) is 5.73 Å². The third kappa shape index (κ3) is 0.956. The Morgan fingerprint density at radius 1 is 1.50 bits per heavy atom. The second-order valence-electron chi connectivity index (χ2n) is 3.97. The van der Waals surface area contributed by atoms with Crippen LogP contribution >= 0.6 is 0 Å². The van der Waals surface area contributed by atoms with Crippen LogP contribution in [0.3, 0.4) is 0 Å². The highest BCUT2D eigenvalue weighted by Crippen LogP contribution is 2.34. The third-order valence-corrected chi connectivity index (χ3v) is 3.21. The first-order valence-corrected chi connectivity index (χ1v) is 3.94. The predicted molar refractivity (Wildman–Crippen MR) is 43.6 cm³/mol. The Morgan fingerprint density at radius 2 is 2.00 bits per heavy atom. The van der Waals surface area contributed by atoms with E-state index in [0.717, 1.165) is 6.42 Å². The Labute approximate surface area is 63.4 Å². The Morgan fingerprint density at radius 3 is 2.10 bits per heavy atom. The Hall–Kier alpha value is -0.0800. The lowest BCUT2D eigenvalue weighted by Crippen LogP contribution is -2.45. The molecule has 0 saturated carbocycles. The molecule has 2 nitrogen and oxygen atoms in total. The van der Waals surface area contributed by atoms with E-state index >= 15 is 0 Å². The van der Waals surface area contributed by atoms with Gasteiger partial charge < -0.3 is 5.73 Å². The highest BCUT2D eigenvalue weighted by Gasteiger charge is 2.40. The average Bonchev–Trinajstić information content (AvgIpc) is 1.97. The van der Waals surface area contributed by atoms with E-state index in [-0.39, 0.29) is 6.17 Å². The number of hydrogen-bond donors (Lipinski definition) is 1. The van der Waals surface area contributed by atoms with E-state index in [0.29, 0.717) is 11.5 Å². The molecule has 2 atom stereocenters. The van der Waals surface area contributed by atoms with Crippen molar-refractivity contribution in [2.45, 2.75) is 38.9 Å². The highest BCUT2D eigenvalue weighted by molar-refractivity contribution is 4.94. The van der Waals surface area contributed by atoms with E-state index in [1.165, 1.54) is 0 Å². The van der Waals surface area contributed by atoms with Crippen molar-refractivity contribution in [1.29, 1.82) is 0 Å². The Bertz CT molecular complexity index is 131. The monoisotopic (exact) mass is 142 g/mol. The zero-order valence-corrected chi connectivity index (χ0v) is 7.39. The minimum absolute atomic E-state index is 0.269. The number of hydrogen-bond acceptors (Lipinski definition) is 2. The summed E-state index contributed by atoms with van der Waals surface area (Å²) in [5, 5.41) is 0. The normalized spacial score (nSPS) is 40.5. The van der Waals surface area contributed by atoms with Gasteiger partial charge in [-0.1, -0.05) is 6.92 Å². The fourth-order valence-corrected chi connectivity index (χ4v) is 1.58. The van der Waals surface area contributed by atoms with Crippen LogP contribution < -0.4 is 5.73 Å². The fraction of sp³-hybridized carbons (Fsp3) is 1.00. The van der Waals surface area contributed by atoms with Gasteiger partial charge in [-0.25, -0.2) is 0 Å². The van der Waals surface area contributed by atoms with Crippen LogP contribution in [0.15, 0.2) is 0 Å². The molecule has 0 aromatic carbocycles. The molecule has 1 aliphatic rings. The van der Waals surface area contributed by atoms with Gasteiger partial charge in [-0.2, -0.15) is 0 Å². The van der Waals surface area contributed by atoms with Crippen LogP contribution in [-0.4, -0.2) is 23.7 Å². The molecule has 10 heavy (non-hydrogen) atoms. The van der Waals surface area contributed by atoms with E-state index in [1.807, 2.05) is 0 Å². The third-order valence-electron chi connectivity index (χ3n) is 3.21. The standard InChI is InChI=1S/C8H18N2/c1-6-5-7(9)10(4)8(6,2)3/h6-7H,5,9H2,1-4H3. The summed E-state index contributed by atoms with van der Waals surface area (Å²) in [4.78, 5) is 2.26. The van der Waals surface area contributed by atoms with Gasteiger partial charge in [0, 0.05) is 5.54 Å². The van der Waals surface area contributed by atoms with Crippen LogP contribution in [0.25, 0.3) is 0 Å². The molecule has 1 aliphatic heterocycles. The van der Waals surface area contributed by atoms with Crippen molar-refractivity contribution in [2.24, 2.45) is 11.7 Å². The maximum Gasteiger partial charge on any atom is 0.0577 e. The van der Waals surface area contributed by atoms with Crippen LogP contribution in [0, 0.1) is 5.92 Å². The number of nitrogens with zero attached hydrogens (tertiary/aromatic N) is 1. The van der Waals surface area contributed by atoms with Gasteiger partial charge >= 0.3 is 0 Å². The highest BCUT2D eigenvalue weighted by atomic mass is 15.3. The smallest absolute Gasteiger partial charge is 0.0577 e. The summed E-state index contributed by atoms with van der Waals surface area (Å²) in [7, 11) is 2.11. The van der Waals surface area contributed by atoms with Crippen molar-refractivity contribution >= 4 is 0 Å². The van der Waals surface area contributed by atoms with Crippen LogP contribution in [0.4, 0.5) is 0 Å². The maximum absolute atomic E-state index is 5.87. The van der Waals surface area contributed by atoms with Gasteiger partial charge in [-0.15, -0.1) is 0 Å². The molecule has 0 aliphatic carbocycles. The molecule has 1 fully saturated rings. The van der Waals surface area contributed by atoms with Gasteiger partial charge in [-0.3, -0.25) is 4.90 Å². The summed E-state index contributed by atoms with van der Waals surface area (Å²) >= 11 is 0. The topological polar surface area (TPSA) is 29.3 Å². The van der Waals surface area contributed by atoms with Crippen molar-refractivity contribution in [1.82, 2.24) is 4.90 Å². The quantitative estimate of drug-likeness (QED) is 0.547. The van der Waals surface area contributed by atoms with Crippen LogP contribution in [0.1, 0.15) is 27.2 Å². The molecule has 0 radical (unpaired) electrons. The molecule has 0 amide bonds. The summed E-state index contributed by atoms with van der Waals surface area (Å²) in [6, 6.07) is 0. The van der Waals surface area contributed by atoms with Crippen LogP contribution in [-0.2, 0) is 0 Å². The summed E-state index contributed by atoms with van der Waals surface area (Å²) in [5.41, 5.74) is 6.16. The van der Waals surface area contributed by atoms with Gasteiger partial charge in [-0.05, 0) is 33.2 Å². The zero-order chi connectivity index (χ0) is 7.94. The lowest BCUT2D eigenvalue weighted by Gasteiger charge is -2.32. The number of likely N-dealkylation sites (tertiary alicyclic amines) is 1. The first-order chi connectivity index (χ1) is 4.46.